The van der Waals surface area contributed by atoms with Crippen LogP contribution < -0.4 is 0 Å². The first-order valence-electron chi connectivity index (χ1n) is 3.18. The smallest absolute Gasteiger partial charge is 0.0351 e. The Hall–Kier alpha value is -0.290. The third-order valence-corrected chi connectivity index (χ3v) is 2.22. The first kappa shape index (κ1) is 6.82. The summed E-state index contributed by atoms with van der Waals surface area (Å²) in [5.41, 5.74) is 0. The second kappa shape index (κ2) is 3.68. The van der Waals surface area contributed by atoms with E-state index in [-0.39, 0.29) is 0 Å². The third-order valence-electron chi connectivity index (χ3n) is 1.28. The van der Waals surface area contributed by atoms with Crippen molar-refractivity contribution in [1.82, 2.24) is 4.90 Å². The minimum atomic E-state index is 1.14. The minimum absolute atomic E-state index is 1.14. The molecule has 50 valence electrons. The fourth-order valence-corrected chi connectivity index (χ4v) is 1.74. The van der Waals surface area contributed by atoms with Crippen LogP contribution in [0.25, 0.3) is 0 Å². The summed E-state index contributed by atoms with van der Waals surface area (Å²) >= 11 is 2.02. The van der Waals surface area contributed by atoms with E-state index in [0.717, 1.165) is 13.1 Å². The van der Waals surface area contributed by atoms with Gasteiger partial charge in [0.15, 0.2) is 0 Å². The molecule has 2 heteroatoms. The monoisotopic (exact) mass is 141 g/mol. The normalized spacial score (nSPS) is 18.6. The summed E-state index contributed by atoms with van der Waals surface area (Å²) in [6, 6.07) is 3.05. The van der Waals surface area contributed by atoms with Crippen molar-refractivity contribution in [3.8, 4) is 12.0 Å². The minimum Gasteiger partial charge on any atom is -0.331 e. The van der Waals surface area contributed by atoms with E-state index in [9.17, 15) is 0 Å². The summed E-state index contributed by atoms with van der Waals surface area (Å²) < 4.78 is 0. The molecule has 0 bridgehead atoms. The summed E-state index contributed by atoms with van der Waals surface area (Å²) in [4.78, 5) is 2.19. The van der Waals surface area contributed by atoms with E-state index < -0.39 is 0 Å². The number of nitrogens with zero attached hydrogens (tertiary/aromatic N) is 1. The molecule has 1 saturated heterocycles. The largest absolute Gasteiger partial charge is 0.331 e. The van der Waals surface area contributed by atoms with Crippen molar-refractivity contribution in [2.24, 2.45) is 0 Å². The molecule has 1 aliphatic heterocycles. The summed E-state index contributed by atoms with van der Waals surface area (Å²) in [6.45, 7) is 4.18. The van der Waals surface area contributed by atoms with Gasteiger partial charge in [0, 0.05) is 30.6 Å². The SMILES string of the molecule is CC#CN1CCSCC1. The van der Waals surface area contributed by atoms with Gasteiger partial charge in [0.25, 0.3) is 0 Å². The van der Waals surface area contributed by atoms with Gasteiger partial charge in [-0.25, -0.2) is 0 Å². The van der Waals surface area contributed by atoms with Crippen molar-refractivity contribution in [1.29, 1.82) is 0 Å². The van der Waals surface area contributed by atoms with Crippen LogP contribution in [0.5, 0.6) is 0 Å². The van der Waals surface area contributed by atoms with Crippen LogP contribution in [0.15, 0.2) is 0 Å². The lowest BCUT2D eigenvalue weighted by molar-refractivity contribution is 0.441. The van der Waals surface area contributed by atoms with Crippen LogP contribution in [0.2, 0.25) is 0 Å². The van der Waals surface area contributed by atoms with Gasteiger partial charge in [0.1, 0.15) is 0 Å². The van der Waals surface area contributed by atoms with Gasteiger partial charge in [-0.3, -0.25) is 0 Å². The predicted octanol–water partition coefficient (Wildman–Crippen LogP) is 1.02. The van der Waals surface area contributed by atoms with Gasteiger partial charge in [-0.15, -0.1) is 0 Å². The molecule has 0 aromatic carbocycles. The molecule has 0 N–H and O–H groups in total. The quantitative estimate of drug-likeness (QED) is 0.463. The molecule has 0 amide bonds. The highest BCUT2D eigenvalue weighted by Crippen LogP contribution is 2.07. The van der Waals surface area contributed by atoms with Gasteiger partial charge in [-0.05, 0) is 6.92 Å². The molecule has 0 unspecified atom stereocenters. The third kappa shape index (κ3) is 2.19. The van der Waals surface area contributed by atoms with E-state index in [1.165, 1.54) is 11.5 Å². The highest BCUT2D eigenvalue weighted by Gasteiger charge is 2.04. The standard InChI is InChI=1S/C7H11NS/c1-2-3-8-4-6-9-7-5-8/h4-7H2,1H3. The Morgan fingerprint density at radius 3 is 2.56 bits per heavy atom. The number of rotatable bonds is 0. The lowest BCUT2D eigenvalue weighted by atomic mass is 10.5. The fraction of sp³-hybridized carbons (Fsp3) is 0.714. The summed E-state index contributed by atoms with van der Waals surface area (Å²) in [5, 5.41) is 0. The molecule has 0 radical (unpaired) electrons. The van der Waals surface area contributed by atoms with Crippen LogP contribution in [0.4, 0.5) is 0 Å². The maximum atomic E-state index is 3.05. The molecule has 1 nitrogen and oxygen atoms in total. The Labute approximate surface area is 60.8 Å². The van der Waals surface area contributed by atoms with Crippen molar-refractivity contribution >= 4 is 11.8 Å². The van der Waals surface area contributed by atoms with Gasteiger partial charge in [-0.2, -0.15) is 11.8 Å². The summed E-state index contributed by atoms with van der Waals surface area (Å²) in [6.07, 6.45) is 0. The molecule has 0 saturated carbocycles. The molecule has 1 aliphatic rings. The Kier molecular flexibility index (Phi) is 2.79. The van der Waals surface area contributed by atoms with Gasteiger partial charge in [0.2, 0.25) is 0 Å². The zero-order valence-corrected chi connectivity index (χ0v) is 6.50. The number of hydrogen-bond donors (Lipinski definition) is 0. The second-order valence-electron chi connectivity index (χ2n) is 1.96. The fourth-order valence-electron chi connectivity index (χ4n) is 0.833. The maximum Gasteiger partial charge on any atom is 0.0351 e. The average Bonchev–Trinajstić information content (AvgIpc) is 1.91. The topological polar surface area (TPSA) is 3.24 Å². The Morgan fingerprint density at radius 1 is 1.33 bits per heavy atom. The lowest BCUT2D eigenvalue weighted by Crippen LogP contribution is -2.27. The molecular formula is C7H11NS. The van der Waals surface area contributed by atoms with Crippen molar-refractivity contribution in [2.45, 2.75) is 6.92 Å². The number of thioether (sulfide) groups is 1. The Balaban J connectivity index is 2.28. The highest BCUT2D eigenvalue weighted by molar-refractivity contribution is 7.99. The molecule has 9 heavy (non-hydrogen) atoms. The lowest BCUT2D eigenvalue weighted by Gasteiger charge is -2.21. The van der Waals surface area contributed by atoms with E-state index >= 15 is 0 Å². The van der Waals surface area contributed by atoms with Crippen LogP contribution in [-0.4, -0.2) is 29.5 Å². The molecule has 0 atom stereocenters. The van der Waals surface area contributed by atoms with Gasteiger partial charge >= 0.3 is 0 Å². The summed E-state index contributed by atoms with van der Waals surface area (Å²) in [7, 11) is 0. The highest BCUT2D eigenvalue weighted by atomic mass is 32.2. The van der Waals surface area contributed by atoms with Crippen molar-refractivity contribution in [3.63, 3.8) is 0 Å². The van der Waals surface area contributed by atoms with Crippen LogP contribution in [-0.2, 0) is 0 Å². The Morgan fingerprint density at radius 2 is 2.00 bits per heavy atom. The molecule has 1 heterocycles. The Bertz CT molecular complexity index is 128. The first-order valence-corrected chi connectivity index (χ1v) is 4.34. The van der Waals surface area contributed by atoms with E-state index in [2.05, 4.69) is 16.9 Å². The zero-order chi connectivity index (χ0) is 6.53. The van der Waals surface area contributed by atoms with Crippen LogP contribution in [0.3, 0.4) is 0 Å². The molecule has 0 aromatic rings. The van der Waals surface area contributed by atoms with Crippen LogP contribution >= 0.6 is 11.8 Å². The van der Waals surface area contributed by atoms with E-state index in [1.807, 2.05) is 18.7 Å². The van der Waals surface area contributed by atoms with Crippen molar-refractivity contribution in [2.75, 3.05) is 24.6 Å². The van der Waals surface area contributed by atoms with Crippen LogP contribution in [0.1, 0.15) is 6.92 Å². The molecule has 1 rings (SSSR count). The van der Waals surface area contributed by atoms with Gasteiger partial charge < -0.3 is 4.90 Å². The molecule has 0 spiro atoms. The molecule has 1 fully saturated rings. The maximum absolute atomic E-state index is 3.05. The molecule has 0 aliphatic carbocycles. The van der Waals surface area contributed by atoms with Gasteiger partial charge in [-0.1, -0.05) is 5.92 Å². The number of hydrogen-bond acceptors (Lipinski definition) is 2. The van der Waals surface area contributed by atoms with E-state index in [4.69, 9.17) is 0 Å². The molecular weight excluding hydrogens is 130 g/mol. The van der Waals surface area contributed by atoms with E-state index in [1.54, 1.807) is 0 Å². The van der Waals surface area contributed by atoms with Crippen molar-refractivity contribution in [3.05, 3.63) is 0 Å². The molecule has 0 aromatic heterocycles. The van der Waals surface area contributed by atoms with Gasteiger partial charge in [0.05, 0.1) is 0 Å². The van der Waals surface area contributed by atoms with E-state index in [0.29, 0.717) is 0 Å². The average molecular weight is 141 g/mol. The van der Waals surface area contributed by atoms with Crippen LogP contribution in [0, 0.1) is 12.0 Å². The first-order chi connectivity index (χ1) is 4.43. The zero-order valence-electron chi connectivity index (χ0n) is 5.68. The predicted molar refractivity (Wildman–Crippen MR) is 42.3 cm³/mol. The second-order valence-corrected chi connectivity index (χ2v) is 3.19. The summed E-state index contributed by atoms with van der Waals surface area (Å²) in [5.74, 6) is 5.39. The van der Waals surface area contributed by atoms with Crippen molar-refractivity contribution < 1.29 is 0 Å².